The van der Waals surface area contributed by atoms with Gasteiger partial charge in [-0.2, -0.15) is 0 Å². The summed E-state index contributed by atoms with van der Waals surface area (Å²) >= 11 is 1.44. The molecule has 0 saturated heterocycles. The van der Waals surface area contributed by atoms with Crippen LogP contribution in [0.4, 0.5) is 5.69 Å². The molecule has 0 aromatic heterocycles. The second-order valence-corrected chi connectivity index (χ2v) is 6.65. The van der Waals surface area contributed by atoms with E-state index in [1.54, 1.807) is 0 Å². The summed E-state index contributed by atoms with van der Waals surface area (Å²) in [5, 5.41) is 5.53. The van der Waals surface area contributed by atoms with Gasteiger partial charge in [-0.05, 0) is 55.5 Å². The van der Waals surface area contributed by atoms with E-state index in [0.717, 1.165) is 22.1 Å². The van der Waals surface area contributed by atoms with Crippen LogP contribution in [0, 0.1) is 0 Å². The molecule has 0 radical (unpaired) electrons. The normalized spacial score (nSPS) is 10.1. The zero-order chi connectivity index (χ0) is 19.5. The SMILES string of the molecule is CCOc1ccc(OCCNC(=O)CSc2ccc(NC(C)=O)cc2)cc1. The average Bonchev–Trinajstić information content (AvgIpc) is 2.66. The minimum atomic E-state index is -0.109. The van der Waals surface area contributed by atoms with E-state index < -0.39 is 0 Å². The molecule has 0 saturated carbocycles. The summed E-state index contributed by atoms with van der Waals surface area (Å²) < 4.78 is 11.0. The van der Waals surface area contributed by atoms with Gasteiger partial charge in [-0.3, -0.25) is 9.59 Å². The van der Waals surface area contributed by atoms with Crippen molar-refractivity contribution in [1.29, 1.82) is 0 Å². The van der Waals surface area contributed by atoms with Crippen LogP contribution in [0.5, 0.6) is 11.5 Å². The van der Waals surface area contributed by atoms with Crippen LogP contribution in [0.2, 0.25) is 0 Å². The lowest BCUT2D eigenvalue weighted by Gasteiger charge is -2.09. The first-order valence-electron chi connectivity index (χ1n) is 8.69. The first-order chi connectivity index (χ1) is 13.1. The molecule has 2 N–H and O–H groups in total. The number of nitrogens with one attached hydrogen (secondary N) is 2. The molecule has 0 atom stereocenters. The van der Waals surface area contributed by atoms with Crippen LogP contribution in [-0.2, 0) is 9.59 Å². The molecule has 0 aliphatic heterocycles. The van der Waals surface area contributed by atoms with Crippen LogP contribution in [-0.4, -0.2) is 37.3 Å². The lowest BCUT2D eigenvalue weighted by molar-refractivity contribution is -0.118. The molecule has 2 aromatic rings. The van der Waals surface area contributed by atoms with Crippen molar-refractivity contribution in [2.24, 2.45) is 0 Å². The van der Waals surface area contributed by atoms with Gasteiger partial charge in [0.05, 0.1) is 18.9 Å². The minimum absolute atomic E-state index is 0.0544. The van der Waals surface area contributed by atoms with E-state index >= 15 is 0 Å². The van der Waals surface area contributed by atoms with E-state index in [1.165, 1.54) is 18.7 Å². The third kappa shape index (κ3) is 8.04. The number of amides is 2. The van der Waals surface area contributed by atoms with Gasteiger partial charge >= 0.3 is 0 Å². The lowest BCUT2D eigenvalue weighted by Crippen LogP contribution is -2.29. The second kappa shape index (κ2) is 11.1. The predicted octanol–water partition coefficient (Wildman–Crippen LogP) is 3.33. The first kappa shape index (κ1) is 20.6. The van der Waals surface area contributed by atoms with Crippen molar-refractivity contribution in [2.75, 3.05) is 30.8 Å². The number of thioether (sulfide) groups is 1. The van der Waals surface area contributed by atoms with Crippen LogP contribution in [0.15, 0.2) is 53.4 Å². The Morgan fingerprint density at radius 1 is 0.963 bits per heavy atom. The quantitative estimate of drug-likeness (QED) is 0.482. The van der Waals surface area contributed by atoms with E-state index in [1.807, 2.05) is 55.5 Å². The standard InChI is InChI=1S/C20H24N2O4S/c1-3-25-17-6-8-18(9-7-17)26-13-12-21-20(24)14-27-19-10-4-16(5-11-19)22-15(2)23/h4-11H,3,12-14H2,1-2H3,(H,21,24)(H,22,23). The number of ether oxygens (including phenoxy) is 2. The Kier molecular flexibility index (Phi) is 8.51. The molecule has 27 heavy (non-hydrogen) atoms. The van der Waals surface area contributed by atoms with Gasteiger partial charge in [0, 0.05) is 17.5 Å². The summed E-state index contributed by atoms with van der Waals surface area (Å²) in [6.45, 7) is 4.87. The average molecular weight is 388 g/mol. The van der Waals surface area contributed by atoms with Crippen molar-refractivity contribution in [3.63, 3.8) is 0 Å². The Bertz CT molecular complexity index is 733. The van der Waals surface area contributed by atoms with E-state index in [0.29, 0.717) is 25.5 Å². The highest BCUT2D eigenvalue weighted by Gasteiger charge is 2.04. The van der Waals surface area contributed by atoms with Gasteiger partial charge in [0.2, 0.25) is 11.8 Å². The topological polar surface area (TPSA) is 76.7 Å². The van der Waals surface area contributed by atoms with E-state index in [9.17, 15) is 9.59 Å². The molecular weight excluding hydrogens is 364 g/mol. The Morgan fingerprint density at radius 3 is 2.19 bits per heavy atom. The van der Waals surface area contributed by atoms with Gasteiger partial charge < -0.3 is 20.1 Å². The van der Waals surface area contributed by atoms with E-state index in [4.69, 9.17) is 9.47 Å². The fourth-order valence-electron chi connectivity index (χ4n) is 2.20. The van der Waals surface area contributed by atoms with Gasteiger partial charge in [-0.25, -0.2) is 0 Å². The molecule has 2 amide bonds. The van der Waals surface area contributed by atoms with E-state index in [-0.39, 0.29) is 11.8 Å². The molecule has 0 fully saturated rings. The predicted molar refractivity (Wildman–Crippen MR) is 108 cm³/mol. The monoisotopic (exact) mass is 388 g/mol. The molecule has 0 heterocycles. The summed E-state index contributed by atoms with van der Waals surface area (Å²) in [5.74, 6) is 1.70. The molecule has 0 unspecified atom stereocenters. The zero-order valence-electron chi connectivity index (χ0n) is 15.5. The number of hydrogen-bond donors (Lipinski definition) is 2. The summed E-state index contributed by atoms with van der Waals surface area (Å²) in [4.78, 5) is 23.8. The van der Waals surface area contributed by atoms with Crippen LogP contribution in [0.3, 0.4) is 0 Å². The zero-order valence-corrected chi connectivity index (χ0v) is 16.3. The second-order valence-electron chi connectivity index (χ2n) is 5.60. The van der Waals surface area contributed by atoms with Crippen molar-refractivity contribution >= 4 is 29.3 Å². The van der Waals surface area contributed by atoms with Crippen LogP contribution in [0.25, 0.3) is 0 Å². The summed E-state index contributed by atoms with van der Waals surface area (Å²) in [7, 11) is 0. The van der Waals surface area contributed by atoms with Gasteiger partial charge in [0.15, 0.2) is 0 Å². The van der Waals surface area contributed by atoms with Crippen molar-refractivity contribution in [3.8, 4) is 11.5 Å². The van der Waals surface area contributed by atoms with Gasteiger partial charge in [-0.15, -0.1) is 11.8 Å². The summed E-state index contributed by atoms with van der Waals surface area (Å²) in [6.07, 6.45) is 0. The van der Waals surface area contributed by atoms with Gasteiger partial charge in [0.25, 0.3) is 0 Å². The summed E-state index contributed by atoms with van der Waals surface area (Å²) in [5.41, 5.74) is 0.739. The maximum atomic E-state index is 11.9. The van der Waals surface area contributed by atoms with Crippen LogP contribution >= 0.6 is 11.8 Å². The molecule has 2 aromatic carbocycles. The third-order valence-electron chi connectivity index (χ3n) is 3.37. The van der Waals surface area contributed by atoms with E-state index in [2.05, 4.69) is 10.6 Å². The van der Waals surface area contributed by atoms with Crippen LogP contribution < -0.4 is 20.1 Å². The fraction of sp³-hybridized carbons (Fsp3) is 0.300. The Labute approximate surface area is 163 Å². The number of anilines is 1. The molecular formula is C20H24N2O4S. The third-order valence-corrected chi connectivity index (χ3v) is 4.38. The molecule has 6 nitrogen and oxygen atoms in total. The van der Waals surface area contributed by atoms with Gasteiger partial charge in [-0.1, -0.05) is 0 Å². The van der Waals surface area contributed by atoms with Gasteiger partial charge in [0.1, 0.15) is 18.1 Å². The largest absolute Gasteiger partial charge is 0.494 e. The van der Waals surface area contributed by atoms with Crippen molar-refractivity contribution in [1.82, 2.24) is 5.32 Å². The molecule has 0 aliphatic carbocycles. The number of carbonyl (C=O) groups excluding carboxylic acids is 2. The maximum Gasteiger partial charge on any atom is 0.230 e. The van der Waals surface area contributed by atoms with Crippen molar-refractivity contribution in [2.45, 2.75) is 18.7 Å². The highest BCUT2D eigenvalue weighted by atomic mass is 32.2. The highest BCUT2D eigenvalue weighted by molar-refractivity contribution is 8.00. The Morgan fingerprint density at radius 2 is 1.59 bits per heavy atom. The summed E-state index contributed by atoms with van der Waals surface area (Å²) in [6, 6.07) is 14.8. The fourth-order valence-corrected chi connectivity index (χ4v) is 2.92. The molecule has 0 bridgehead atoms. The minimum Gasteiger partial charge on any atom is -0.494 e. The van der Waals surface area contributed by atoms with Crippen LogP contribution in [0.1, 0.15) is 13.8 Å². The molecule has 144 valence electrons. The lowest BCUT2D eigenvalue weighted by atomic mass is 10.3. The Hall–Kier alpha value is -2.67. The Balaban J connectivity index is 1.62. The van der Waals surface area contributed by atoms with Crippen molar-refractivity contribution < 1.29 is 19.1 Å². The molecule has 2 rings (SSSR count). The molecule has 0 spiro atoms. The number of hydrogen-bond acceptors (Lipinski definition) is 5. The smallest absolute Gasteiger partial charge is 0.230 e. The maximum absolute atomic E-state index is 11.9. The molecule has 0 aliphatic rings. The molecule has 7 heteroatoms. The van der Waals surface area contributed by atoms with Crippen molar-refractivity contribution in [3.05, 3.63) is 48.5 Å². The first-order valence-corrected chi connectivity index (χ1v) is 9.68. The number of benzene rings is 2. The highest BCUT2D eigenvalue weighted by Crippen LogP contribution is 2.20. The number of rotatable bonds is 10. The number of carbonyl (C=O) groups is 2.